The topological polar surface area (TPSA) is 77.2 Å². The molecule has 0 fully saturated rings. The maximum absolute atomic E-state index is 11.9. The van der Waals surface area contributed by atoms with E-state index >= 15 is 0 Å². The highest BCUT2D eigenvalue weighted by Crippen LogP contribution is 2.32. The zero-order valence-corrected chi connectivity index (χ0v) is 15.2. The van der Waals surface area contributed by atoms with Gasteiger partial charge in [0.05, 0.1) is 0 Å². The number of anilines is 1. The molecule has 0 aliphatic heterocycles. The second kappa shape index (κ2) is 7.28. The Labute approximate surface area is 151 Å². The van der Waals surface area contributed by atoms with E-state index in [1.165, 1.54) is 0 Å². The number of amides is 1. The fourth-order valence-electron chi connectivity index (χ4n) is 2.09. The van der Waals surface area contributed by atoms with E-state index in [9.17, 15) is 4.79 Å². The van der Waals surface area contributed by atoms with Crippen LogP contribution in [0.3, 0.4) is 0 Å². The predicted molar refractivity (Wildman–Crippen MR) is 97.2 cm³/mol. The normalized spacial score (nSPS) is 11.2. The van der Waals surface area contributed by atoms with Gasteiger partial charge in [0.2, 0.25) is 0 Å². The number of nitrogens with zero attached hydrogens (tertiary/aromatic N) is 1. The molecule has 1 amide bonds. The van der Waals surface area contributed by atoms with Gasteiger partial charge in [0.15, 0.2) is 0 Å². The zero-order chi connectivity index (χ0) is 17.9. The number of hydrogen-bond acceptors (Lipinski definition) is 4. The summed E-state index contributed by atoms with van der Waals surface area (Å²) in [5.41, 5.74) is 7.50. The van der Waals surface area contributed by atoms with Crippen LogP contribution >= 0.6 is 23.2 Å². The largest absolute Gasteiger partial charge is 0.444 e. The van der Waals surface area contributed by atoms with Gasteiger partial charge >= 0.3 is 6.09 Å². The van der Waals surface area contributed by atoms with Gasteiger partial charge in [-0.1, -0.05) is 29.3 Å². The predicted octanol–water partition coefficient (Wildman–Crippen LogP) is 4.66. The molecule has 2 rings (SSSR count). The van der Waals surface area contributed by atoms with Crippen LogP contribution in [0.25, 0.3) is 11.1 Å². The van der Waals surface area contributed by atoms with Crippen LogP contribution in [0.1, 0.15) is 26.3 Å². The lowest BCUT2D eigenvalue weighted by Gasteiger charge is -2.20. The molecule has 0 saturated heterocycles. The van der Waals surface area contributed by atoms with Crippen LogP contribution in [0.5, 0.6) is 0 Å². The van der Waals surface area contributed by atoms with Gasteiger partial charge in [0.1, 0.15) is 11.4 Å². The number of aromatic nitrogens is 1. The van der Waals surface area contributed by atoms with Gasteiger partial charge in [-0.25, -0.2) is 9.78 Å². The molecule has 24 heavy (non-hydrogen) atoms. The van der Waals surface area contributed by atoms with Crippen LogP contribution in [0.15, 0.2) is 30.5 Å². The fourth-order valence-corrected chi connectivity index (χ4v) is 2.60. The maximum Gasteiger partial charge on any atom is 0.407 e. The summed E-state index contributed by atoms with van der Waals surface area (Å²) in [4.78, 5) is 16.0. The van der Waals surface area contributed by atoms with Gasteiger partial charge in [-0.15, -0.1) is 0 Å². The van der Waals surface area contributed by atoms with E-state index < -0.39 is 11.7 Å². The first-order valence-corrected chi connectivity index (χ1v) is 8.08. The highest BCUT2D eigenvalue weighted by molar-refractivity contribution is 6.36. The molecule has 0 spiro atoms. The molecule has 0 unspecified atom stereocenters. The van der Waals surface area contributed by atoms with Gasteiger partial charge < -0.3 is 15.8 Å². The summed E-state index contributed by atoms with van der Waals surface area (Å²) in [5, 5.41) is 3.75. The van der Waals surface area contributed by atoms with Crippen molar-refractivity contribution in [3.05, 3.63) is 46.1 Å². The molecule has 1 heterocycles. The molecule has 7 heteroatoms. The van der Waals surface area contributed by atoms with E-state index in [1.54, 1.807) is 51.2 Å². The first-order valence-electron chi connectivity index (χ1n) is 7.32. The number of halogens is 2. The molecule has 0 saturated carbocycles. The SMILES string of the molecule is CC(C)(C)OC(=O)NCc1cc(N)ncc1-c1ccc(Cl)cc1Cl. The number of nitrogens with one attached hydrogen (secondary N) is 1. The summed E-state index contributed by atoms with van der Waals surface area (Å²) >= 11 is 12.2. The summed E-state index contributed by atoms with van der Waals surface area (Å²) < 4.78 is 5.23. The number of carbonyl (C=O) groups excluding carboxylic acids is 1. The number of nitrogens with two attached hydrogens (primary N) is 1. The average molecular weight is 368 g/mol. The Morgan fingerprint density at radius 1 is 1.25 bits per heavy atom. The van der Waals surface area contributed by atoms with Crippen LogP contribution in [-0.4, -0.2) is 16.7 Å². The highest BCUT2D eigenvalue weighted by Gasteiger charge is 2.17. The smallest absolute Gasteiger partial charge is 0.407 e. The molecule has 0 bridgehead atoms. The van der Waals surface area contributed by atoms with Crippen molar-refractivity contribution >= 4 is 35.1 Å². The van der Waals surface area contributed by atoms with E-state index in [1.807, 2.05) is 0 Å². The number of alkyl carbamates (subject to hydrolysis) is 1. The first kappa shape index (κ1) is 18.4. The van der Waals surface area contributed by atoms with E-state index in [0.29, 0.717) is 15.9 Å². The molecule has 1 aromatic carbocycles. The number of rotatable bonds is 3. The minimum atomic E-state index is -0.566. The molecule has 0 atom stereocenters. The third kappa shape index (κ3) is 5.01. The lowest BCUT2D eigenvalue weighted by molar-refractivity contribution is 0.0523. The lowest BCUT2D eigenvalue weighted by Crippen LogP contribution is -2.32. The van der Waals surface area contributed by atoms with Crippen molar-refractivity contribution in [3.8, 4) is 11.1 Å². The van der Waals surface area contributed by atoms with Gasteiger partial charge in [-0.05, 0) is 44.5 Å². The molecular weight excluding hydrogens is 349 g/mol. The lowest BCUT2D eigenvalue weighted by atomic mass is 10.0. The van der Waals surface area contributed by atoms with Crippen molar-refractivity contribution in [2.45, 2.75) is 32.9 Å². The van der Waals surface area contributed by atoms with Crippen LogP contribution in [-0.2, 0) is 11.3 Å². The second-order valence-corrected chi connectivity index (χ2v) is 7.09. The van der Waals surface area contributed by atoms with Crippen molar-refractivity contribution < 1.29 is 9.53 Å². The minimum Gasteiger partial charge on any atom is -0.444 e. The van der Waals surface area contributed by atoms with Crippen LogP contribution in [0.2, 0.25) is 10.0 Å². The third-order valence-corrected chi connectivity index (χ3v) is 3.60. The molecule has 0 aliphatic rings. The van der Waals surface area contributed by atoms with Gasteiger partial charge in [0.25, 0.3) is 0 Å². The Hall–Kier alpha value is -1.98. The molecule has 1 aromatic heterocycles. The molecule has 0 aliphatic carbocycles. The monoisotopic (exact) mass is 367 g/mol. The van der Waals surface area contributed by atoms with Crippen molar-refractivity contribution in [1.82, 2.24) is 10.3 Å². The van der Waals surface area contributed by atoms with Crippen molar-refractivity contribution in [2.24, 2.45) is 0 Å². The summed E-state index contributed by atoms with van der Waals surface area (Å²) in [6.07, 6.45) is 1.11. The molecule has 5 nitrogen and oxygen atoms in total. The number of ether oxygens (including phenoxy) is 1. The van der Waals surface area contributed by atoms with E-state index in [0.717, 1.165) is 16.7 Å². The average Bonchev–Trinajstić information content (AvgIpc) is 2.44. The summed E-state index contributed by atoms with van der Waals surface area (Å²) in [6, 6.07) is 6.89. The van der Waals surface area contributed by atoms with Crippen molar-refractivity contribution in [2.75, 3.05) is 5.73 Å². The highest BCUT2D eigenvalue weighted by atomic mass is 35.5. The Kier molecular flexibility index (Phi) is 5.57. The van der Waals surface area contributed by atoms with Crippen LogP contribution < -0.4 is 11.1 Å². The Morgan fingerprint density at radius 3 is 2.58 bits per heavy atom. The van der Waals surface area contributed by atoms with Crippen molar-refractivity contribution in [3.63, 3.8) is 0 Å². The number of benzene rings is 1. The standard InChI is InChI=1S/C17H19Cl2N3O2/c1-17(2,3)24-16(23)22-8-10-6-15(20)21-9-13(10)12-5-4-11(18)7-14(12)19/h4-7,9H,8H2,1-3H3,(H2,20,21)(H,22,23). The maximum atomic E-state index is 11.9. The molecule has 0 radical (unpaired) electrons. The van der Waals surface area contributed by atoms with E-state index in [2.05, 4.69) is 10.3 Å². The Morgan fingerprint density at radius 2 is 1.96 bits per heavy atom. The quantitative estimate of drug-likeness (QED) is 0.826. The molecule has 128 valence electrons. The Balaban J connectivity index is 2.27. The number of hydrogen-bond donors (Lipinski definition) is 2. The van der Waals surface area contributed by atoms with E-state index in [-0.39, 0.29) is 6.54 Å². The number of carbonyl (C=O) groups is 1. The van der Waals surface area contributed by atoms with Crippen LogP contribution in [0.4, 0.5) is 10.6 Å². The third-order valence-electron chi connectivity index (χ3n) is 3.05. The number of nitrogen functional groups attached to an aromatic ring is 1. The molecule has 3 N–H and O–H groups in total. The first-order chi connectivity index (χ1) is 11.2. The van der Waals surface area contributed by atoms with Gasteiger partial charge in [0, 0.05) is 33.9 Å². The van der Waals surface area contributed by atoms with Crippen molar-refractivity contribution in [1.29, 1.82) is 0 Å². The zero-order valence-electron chi connectivity index (χ0n) is 13.7. The summed E-state index contributed by atoms with van der Waals surface area (Å²) in [7, 11) is 0. The van der Waals surface area contributed by atoms with Gasteiger partial charge in [-0.2, -0.15) is 0 Å². The van der Waals surface area contributed by atoms with E-state index in [4.69, 9.17) is 33.7 Å². The number of pyridine rings is 1. The second-order valence-electron chi connectivity index (χ2n) is 6.25. The fraction of sp³-hybridized carbons (Fsp3) is 0.294. The summed E-state index contributed by atoms with van der Waals surface area (Å²) in [5.74, 6) is 0.352. The molecular formula is C17H19Cl2N3O2. The van der Waals surface area contributed by atoms with Gasteiger partial charge in [-0.3, -0.25) is 0 Å². The van der Waals surface area contributed by atoms with Crippen LogP contribution in [0, 0.1) is 0 Å². The Bertz CT molecular complexity index is 758. The molecule has 2 aromatic rings. The minimum absolute atomic E-state index is 0.232. The summed E-state index contributed by atoms with van der Waals surface area (Å²) in [6.45, 7) is 5.64.